The highest BCUT2D eigenvalue weighted by molar-refractivity contribution is 5.90. The average molecular weight is 393 g/mol. The van der Waals surface area contributed by atoms with Crippen LogP contribution in [0.1, 0.15) is 72.1 Å². The summed E-state index contributed by atoms with van der Waals surface area (Å²) in [6, 6.07) is 0. The molecule has 28 heavy (non-hydrogen) atoms. The van der Waals surface area contributed by atoms with Crippen LogP contribution >= 0.6 is 0 Å². The van der Waals surface area contributed by atoms with Crippen LogP contribution in [0, 0.1) is 29.1 Å². The smallest absolute Gasteiger partial charge is 0.305 e. The summed E-state index contributed by atoms with van der Waals surface area (Å²) in [6.45, 7) is 5.65. The molecule has 1 fully saturated rings. The molecule has 0 aromatic rings. The fourth-order valence-electron chi connectivity index (χ4n) is 3.62. The third-order valence-corrected chi connectivity index (χ3v) is 5.56. The van der Waals surface area contributed by atoms with Crippen LogP contribution in [-0.2, 0) is 14.3 Å². The number of Topliss-reactive ketones (excluding diaryl/α,β-unsaturated/α-hetero) is 1. The summed E-state index contributed by atoms with van der Waals surface area (Å²) in [5.74, 6) is 5.09. The minimum Gasteiger partial charge on any atom is -0.469 e. The number of ether oxygens (including phenoxy) is 1. The van der Waals surface area contributed by atoms with Crippen LogP contribution < -0.4 is 0 Å². The Morgan fingerprint density at radius 2 is 2.00 bits per heavy atom. The number of hydrogen-bond donors (Lipinski definition) is 2. The minimum absolute atomic E-state index is 0.0129. The largest absolute Gasteiger partial charge is 0.469 e. The maximum absolute atomic E-state index is 12.8. The molecule has 5 heteroatoms. The standard InChI is InChI=1S/C23H36O5/c1-5-6-9-12-17(24)15-16-19-18(21(26)23(2,3)22(19)27)13-10-7-8-11-14-20(25)28-4/h15-19,22,24,27H,5-6,8-9,11-14H2,1-4H3/t17-,18+,19+,22-/m0/s1. The first-order chi connectivity index (χ1) is 13.3. The lowest BCUT2D eigenvalue weighted by Gasteiger charge is -2.22. The van der Waals surface area contributed by atoms with Gasteiger partial charge >= 0.3 is 5.97 Å². The summed E-state index contributed by atoms with van der Waals surface area (Å²) in [5.41, 5.74) is -0.820. The molecule has 2 N–H and O–H groups in total. The summed E-state index contributed by atoms with van der Waals surface area (Å²) in [7, 11) is 1.36. The third-order valence-electron chi connectivity index (χ3n) is 5.56. The van der Waals surface area contributed by atoms with Crippen LogP contribution in [0.15, 0.2) is 12.2 Å². The normalized spacial score (nSPS) is 24.8. The molecule has 0 bridgehead atoms. The molecule has 158 valence electrons. The van der Waals surface area contributed by atoms with Crippen molar-refractivity contribution in [2.75, 3.05) is 7.11 Å². The molecule has 4 atom stereocenters. The molecule has 0 aliphatic heterocycles. The van der Waals surface area contributed by atoms with Crippen LogP contribution in [0.4, 0.5) is 0 Å². The summed E-state index contributed by atoms with van der Waals surface area (Å²) in [6.07, 6.45) is 7.91. The summed E-state index contributed by atoms with van der Waals surface area (Å²) < 4.78 is 4.59. The molecule has 0 aromatic carbocycles. The molecule has 0 unspecified atom stereocenters. The molecule has 1 aliphatic rings. The predicted molar refractivity (Wildman–Crippen MR) is 109 cm³/mol. The van der Waals surface area contributed by atoms with Gasteiger partial charge in [0.05, 0.1) is 24.7 Å². The number of carbonyl (C=O) groups excluding carboxylic acids is 2. The van der Waals surface area contributed by atoms with Gasteiger partial charge in [-0.2, -0.15) is 0 Å². The Kier molecular flexibility index (Phi) is 10.5. The molecule has 0 saturated heterocycles. The molecular formula is C23H36O5. The number of carbonyl (C=O) groups is 2. The van der Waals surface area contributed by atoms with Crippen molar-refractivity contribution in [1.29, 1.82) is 0 Å². The molecule has 0 amide bonds. The molecule has 1 saturated carbocycles. The third kappa shape index (κ3) is 7.07. The minimum atomic E-state index is -0.820. The number of hydrogen-bond acceptors (Lipinski definition) is 5. The second-order valence-electron chi connectivity index (χ2n) is 8.15. The predicted octanol–water partition coefficient (Wildman–Crippen LogP) is 3.42. The molecule has 5 nitrogen and oxygen atoms in total. The molecule has 0 radical (unpaired) electrons. The quantitative estimate of drug-likeness (QED) is 0.258. The Bertz CT molecular complexity index is 596. The number of unbranched alkanes of at least 4 members (excludes halogenated alkanes) is 3. The molecule has 0 spiro atoms. The van der Waals surface area contributed by atoms with Crippen molar-refractivity contribution >= 4 is 11.8 Å². The first kappa shape index (κ1) is 24.4. The van der Waals surface area contributed by atoms with E-state index < -0.39 is 17.6 Å². The Labute approximate surface area is 169 Å². The second kappa shape index (κ2) is 12.0. The second-order valence-corrected chi connectivity index (χ2v) is 8.15. The number of ketones is 1. The maximum Gasteiger partial charge on any atom is 0.305 e. The van der Waals surface area contributed by atoms with E-state index in [1.807, 2.05) is 0 Å². The highest BCUT2D eigenvalue weighted by Gasteiger charge is 2.52. The fourth-order valence-corrected chi connectivity index (χ4v) is 3.62. The molecule has 1 aliphatic carbocycles. The number of aliphatic hydroxyl groups is 2. The first-order valence-corrected chi connectivity index (χ1v) is 10.4. The topological polar surface area (TPSA) is 83.8 Å². The molecule has 0 heterocycles. The Hall–Kier alpha value is -1.64. The van der Waals surface area contributed by atoms with Gasteiger partial charge in [0.15, 0.2) is 0 Å². The highest BCUT2D eigenvalue weighted by Crippen LogP contribution is 2.44. The highest BCUT2D eigenvalue weighted by atomic mass is 16.5. The number of aliphatic hydroxyl groups excluding tert-OH is 2. The lowest BCUT2D eigenvalue weighted by atomic mass is 9.86. The van der Waals surface area contributed by atoms with E-state index in [2.05, 4.69) is 23.5 Å². The fraction of sp³-hybridized carbons (Fsp3) is 0.739. The average Bonchev–Trinajstić information content (AvgIpc) is 2.82. The van der Waals surface area contributed by atoms with E-state index in [9.17, 15) is 19.8 Å². The number of methoxy groups -OCH3 is 1. The van der Waals surface area contributed by atoms with Gasteiger partial charge in [-0.05, 0) is 12.8 Å². The van der Waals surface area contributed by atoms with Gasteiger partial charge in [-0.25, -0.2) is 0 Å². The van der Waals surface area contributed by atoms with Crippen LogP contribution in [0.5, 0.6) is 0 Å². The van der Waals surface area contributed by atoms with Gasteiger partial charge in [-0.1, -0.05) is 52.2 Å². The van der Waals surface area contributed by atoms with E-state index in [-0.39, 0.29) is 23.6 Å². The van der Waals surface area contributed by atoms with E-state index in [0.717, 1.165) is 19.3 Å². The van der Waals surface area contributed by atoms with E-state index in [0.29, 0.717) is 32.1 Å². The zero-order chi connectivity index (χ0) is 21.2. The zero-order valence-electron chi connectivity index (χ0n) is 17.7. The van der Waals surface area contributed by atoms with Crippen molar-refractivity contribution in [3.8, 4) is 11.8 Å². The van der Waals surface area contributed by atoms with Crippen LogP contribution in [0.2, 0.25) is 0 Å². The zero-order valence-corrected chi connectivity index (χ0v) is 17.7. The van der Waals surface area contributed by atoms with Gasteiger partial charge in [0.25, 0.3) is 0 Å². The van der Waals surface area contributed by atoms with Gasteiger partial charge in [-0.15, -0.1) is 11.8 Å². The Morgan fingerprint density at radius 3 is 2.64 bits per heavy atom. The first-order valence-electron chi connectivity index (χ1n) is 10.4. The lowest BCUT2D eigenvalue weighted by Crippen LogP contribution is -2.31. The van der Waals surface area contributed by atoms with Gasteiger partial charge in [0.2, 0.25) is 0 Å². The summed E-state index contributed by atoms with van der Waals surface area (Å²) in [4.78, 5) is 23.9. The van der Waals surface area contributed by atoms with Gasteiger partial charge in [0.1, 0.15) is 5.78 Å². The van der Waals surface area contributed by atoms with E-state index in [4.69, 9.17) is 0 Å². The van der Waals surface area contributed by atoms with Gasteiger partial charge < -0.3 is 14.9 Å². The summed E-state index contributed by atoms with van der Waals surface area (Å²) in [5, 5.41) is 20.8. The maximum atomic E-state index is 12.8. The van der Waals surface area contributed by atoms with E-state index in [1.54, 1.807) is 26.0 Å². The van der Waals surface area contributed by atoms with E-state index in [1.165, 1.54) is 7.11 Å². The Balaban J connectivity index is 2.69. The van der Waals surface area contributed by atoms with Gasteiger partial charge in [-0.3, -0.25) is 9.59 Å². The van der Waals surface area contributed by atoms with Crippen LogP contribution in [0.25, 0.3) is 0 Å². The van der Waals surface area contributed by atoms with E-state index >= 15 is 0 Å². The monoisotopic (exact) mass is 392 g/mol. The number of esters is 1. The number of rotatable bonds is 10. The molecular weight excluding hydrogens is 356 g/mol. The Morgan fingerprint density at radius 1 is 1.29 bits per heavy atom. The van der Waals surface area contributed by atoms with Gasteiger partial charge in [0, 0.05) is 31.1 Å². The molecule has 1 rings (SSSR count). The SMILES string of the molecule is CCCCC[C@H](O)C=C[C@@H]1[C@@H](CC#CCCCC(=O)OC)C(=O)C(C)(C)[C@H]1O. The summed E-state index contributed by atoms with van der Waals surface area (Å²) >= 11 is 0. The van der Waals surface area contributed by atoms with Crippen molar-refractivity contribution < 1.29 is 24.5 Å². The lowest BCUT2D eigenvalue weighted by molar-refractivity contribution is -0.140. The van der Waals surface area contributed by atoms with Crippen molar-refractivity contribution in [3.63, 3.8) is 0 Å². The van der Waals surface area contributed by atoms with Crippen LogP contribution in [0.3, 0.4) is 0 Å². The van der Waals surface area contributed by atoms with Crippen molar-refractivity contribution in [3.05, 3.63) is 12.2 Å². The molecule has 0 aromatic heterocycles. The van der Waals surface area contributed by atoms with Crippen molar-refractivity contribution in [2.45, 2.75) is 84.3 Å². The van der Waals surface area contributed by atoms with Crippen molar-refractivity contribution in [1.82, 2.24) is 0 Å². The van der Waals surface area contributed by atoms with Crippen LogP contribution in [-0.4, -0.2) is 41.3 Å². The van der Waals surface area contributed by atoms with Crippen molar-refractivity contribution in [2.24, 2.45) is 17.3 Å².